The quantitative estimate of drug-likeness (QED) is 0.291. The topological polar surface area (TPSA) is 96.7 Å². The van der Waals surface area contributed by atoms with Gasteiger partial charge in [-0.05, 0) is 60.0 Å². The third-order valence-corrected chi connectivity index (χ3v) is 7.06. The number of hydrogen-bond donors (Lipinski definition) is 3. The molecule has 3 aromatic rings. The maximum atomic E-state index is 13.5. The van der Waals surface area contributed by atoms with E-state index in [2.05, 4.69) is 31.5 Å². The first kappa shape index (κ1) is 24.2. The number of nitrogens with one attached hydrogen (secondary N) is 2. The zero-order chi connectivity index (χ0) is 25.1. The van der Waals surface area contributed by atoms with Gasteiger partial charge in [0.25, 0.3) is 0 Å². The van der Waals surface area contributed by atoms with Crippen molar-refractivity contribution in [2.45, 2.75) is 24.6 Å². The lowest BCUT2D eigenvalue weighted by molar-refractivity contribution is -0.123. The average molecular weight is 547 g/mol. The monoisotopic (exact) mass is 546 g/mol. The molecule has 36 heavy (non-hydrogen) atoms. The summed E-state index contributed by atoms with van der Waals surface area (Å²) in [6.07, 6.45) is 4.33. The SMILES string of the molecule is Nc1ccccc1NC(=O)/C=C/c1ccc(C(C(=O)Nc2ccc(Br)cc2)N2C[C@@H]3C[C@@H]2CO3)cc1. The van der Waals surface area contributed by atoms with Crippen molar-refractivity contribution in [2.24, 2.45) is 0 Å². The third kappa shape index (κ3) is 5.51. The van der Waals surface area contributed by atoms with E-state index >= 15 is 0 Å². The van der Waals surface area contributed by atoms with Gasteiger partial charge in [-0.15, -0.1) is 0 Å². The normalized spacial score (nSPS) is 19.9. The Morgan fingerprint density at radius 2 is 1.78 bits per heavy atom. The van der Waals surface area contributed by atoms with Gasteiger partial charge in [0.2, 0.25) is 11.8 Å². The van der Waals surface area contributed by atoms with Crippen LogP contribution in [0.2, 0.25) is 0 Å². The van der Waals surface area contributed by atoms with Crippen LogP contribution in [0, 0.1) is 0 Å². The Morgan fingerprint density at radius 3 is 2.44 bits per heavy atom. The van der Waals surface area contributed by atoms with Crippen LogP contribution in [-0.4, -0.2) is 42.0 Å². The summed E-state index contributed by atoms with van der Waals surface area (Å²) in [6.45, 7) is 1.38. The predicted octanol–water partition coefficient (Wildman–Crippen LogP) is 4.84. The van der Waals surface area contributed by atoms with Crippen LogP contribution in [0.15, 0.2) is 83.3 Å². The molecule has 2 fully saturated rings. The first-order valence-corrected chi connectivity index (χ1v) is 12.6. The molecule has 2 aliphatic rings. The van der Waals surface area contributed by atoms with E-state index in [0.717, 1.165) is 34.3 Å². The van der Waals surface area contributed by atoms with E-state index in [1.807, 2.05) is 60.7 Å². The van der Waals surface area contributed by atoms with E-state index in [9.17, 15) is 9.59 Å². The number of carbonyl (C=O) groups excluding carboxylic acids is 2. The van der Waals surface area contributed by atoms with Crippen LogP contribution >= 0.6 is 15.9 Å². The van der Waals surface area contributed by atoms with Crippen LogP contribution in [0.4, 0.5) is 17.1 Å². The minimum absolute atomic E-state index is 0.0759. The first-order valence-electron chi connectivity index (χ1n) is 11.8. The van der Waals surface area contributed by atoms with Gasteiger partial charge in [-0.2, -0.15) is 0 Å². The second-order valence-corrected chi connectivity index (χ2v) is 9.93. The molecule has 7 nitrogen and oxygen atoms in total. The minimum Gasteiger partial charge on any atom is -0.397 e. The molecule has 2 saturated heterocycles. The lowest BCUT2D eigenvalue weighted by Gasteiger charge is -2.34. The molecular formula is C28H27BrN4O3. The van der Waals surface area contributed by atoms with Gasteiger partial charge in [0.15, 0.2) is 0 Å². The summed E-state index contributed by atoms with van der Waals surface area (Å²) in [5.74, 6) is -0.343. The molecule has 2 amide bonds. The molecule has 2 heterocycles. The molecule has 0 spiro atoms. The Balaban J connectivity index is 1.31. The van der Waals surface area contributed by atoms with Crippen molar-refractivity contribution >= 4 is 50.9 Å². The van der Waals surface area contributed by atoms with Gasteiger partial charge in [0.05, 0.1) is 24.1 Å². The van der Waals surface area contributed by atoms with Gasteiger partial charge in [-0.1, -0.05) is 52.3 Å². The van der Waals surface area contributed by atoms with Crippen LogP contribution < -0.4 is 16.4 Å². The number of hydrogen-bond acceptors (Lipinski definition) is 5. The maximum Gasteiger partial charge on any atom is 0.248 e. The minimum atomic E-state index is -0.435. The molecule has 0 radical (unpaired) electrons. The Bertz CT molecular complexity index is 1280. The zero-order valence-corrected chi connectivity index (χ0v) is 21.1. The number of nitrogens with two attached hydrogens (primary N) is 1. The van der Waals surface area contributed by atoms with Gasteiger partial charge in [-0.25, -0.2) is 0 Å². The van der Waals surface area contributed by atoms with Crippen molar-refractivity contribution in [3.8, 4) is 0 Å². The van der Waals surface area contributed by atoms with E-state index in [4.69, 9.17) is 10.5 Å². The highest BCUT2D eigenvalue weighted by Crippen LogP contribution is 2.36. The van der Waals surface area contributed by atoms with Crippen molar-refractivity contribution < 1.29 is 14.3 Å². The lowest BCUT2D eigenvalue weighted by atomic mass is 10.0. The molecule has 2 bridgehead atoms. The van der Waals surface area contributed by atoms with Crippen molar-refractivity contribution in [2.75, 3.05) is 29.5 Å². The molecule has 0 aliphatic carbocycles. The Morgan fingerprint density at radius 1 is 1.03 bits per heavy atom. The number of likely N-dealkylation sites (tertiary alicyclic amines) is 1. The van der Waals surface area contributed by atoms with Crippen LogP contribution in [0.1, 0.15) is 23.6 Å². The number of amides is 2. The highest BCUT2D eigenvalue weighted by Gasteiger charge is 2.44. The number of morpholine rings is 1. The highest BCUT2D eigenvalue weighted by molar-refractivity contribution is 9.10. The van der Waals surface area contributed by atoms with Gasteiger partial charge in [0, 0.05) is 28.8 Å². The molecule has 2 aliphatic heterocycles. The van der Waals surface area contributed by atoms with E-state index in [-0.39, 0.29) is 24.0 Å². The third-order valence-electron chi connectivity index (χ3n) is 6.53. The second kappa shape index (κ2) is 10.7. The predicted molar refractivity (Wildman–Crippen MR) is 145 cm³/mol. The molecule has 3 atom stereocenters. The molecular weight excluding hydrogens is 520 g/mol. The Labute approximate surface area is 218 Å². The molecule has 1 unspecified atom stereocenters. The molecule has 0 saturated carbocycles. The number of halogens is 1. The fraction of sp³-hybridized carbons (Fsp3) is 0.214. The zero-order valence-electron chi connectivity index (χ0n) is 19.6. The van der Waals surface area contributed by atoms with Crippen LogP contribution in [0.25, 0.3) is 6.08 Å². The van der Waals surface area contributed by atoms with Crippen molar-refractivity contribution in [1.82, 2.24) is 4.90 Å². The van der Waals surface area contributed by atoms with E-state index in [0.29, 0.717) is 18.0 Å². The fourth-order valence-corrected chi connectivity index (χ4v) is 4.99. The smallest absolute Gasteiger partial charge is 0.248 e. The summed E-state index contributed by atoms with van der Waals surface area (Å²) < 4.78 is 6.72. The summed E-state index contributed by atoms with van der Waals surface area (Å²) in [5, 5.41) is 5.85. The number of nitrogens with zero attached hydrogens (tertiary/aromatic N) is 1. The van der Waals surface area contributed by atoms with Gasteiger partial charge in [-0.3, -0.25) is 14.5 Å². The fourth-order valence-electron chi connectivity index (χ4n) is 4.73. The number of anilines is 3. The van der Waals surface area contributed by atoms with Crippen LogP contribution in [0.5, 0.6) is 0 Å². The van der Waals surface area contributed by atoms with E-state index in [1.165, 1.54) is 6.08 Å². The van der Waals surface area contributed by atoms with Crippen molar-refractivity contribution in [1.29, 1.82) is 0 Å². The molecule has 184 valence electrons. The number of nitrogen functional groups attached to an aromatic ring is 1. The maximum absolute atomic E-state index is 13.5. The molecule has 0 aromatic heterocycles. The van der Waals surface area contributed by atoms with Crippen LogP contribution in [0.3, 0.4) is 0 Å². The van der Waals surface area contributed by atoms with Gasteiger partial charge in [0.1, 0.15) is 6.04 Å². The second-order valence-electron chi connectivity index (χ2n) is 9.02. The van der Waals surface area contributed by atoms with E-state index in [1.54, 1.807) is 18.2 Å². The summed E-state index contributed by atoms with van der Waals surface area (Å²) in [4.78, 5) is 28.0. The van der Waals surface area contributed by atoms with Gasteiger partial charge >= 0.3 is 0 Å². The highest BCUT2D eigenvalue weighted by atomic mass is 79.9. The average Bonchev–Trinajstić information content (AvgIpc) is 3.50. The van der Waals surface area contributed by atoms with E-state index < -0.39 is 6.04 Å². The lowest BCUT2D eigenvalue weighted by Crippen LogP contribution is -2.44. The molecule has 3 aromatic carbocycles. The summed E-state index contributed by atoms with van der Waals surface area (Å²) in [7, 11) is 0. The summed E-state index contributed by atoms with van der Waals surface area (Å²) in [5.41, 5.74) is 9.48. The first-order chi connectivity index (χ1) is 17.5. The molecule has 5 rings (SSSR count). The number of carbonyl (C=O) groups is 2. The Hall–Kier alpha value is -3.46. The van der Waals surface area contributed by atoms with Gasteiger partial charge < -0.3 is 21.1 Å². The molecule has 8 heteroatoms. The Kier molecular flexibility index (Phi) is 7.18. The number of benzene rings is 3. The number of ether oxygens (including phenoxy) is 1. The van der Waals surface area contributed by atoms with Crippen molar-refractivity contribution in [3.05, 3.63) is 94.5 Å². The summed E-state index contributed by atoms with van der Waals surface area (Å²) >= 11 is 3.43. The number of para-hydroxylation sites is 2. The van der Waals surface area contributed by atoms with Crippen LogP contribution in [-0.2, 0) is 14.3 Å². The standard InChI is InChI=1S/C28H27BrN4O3/c29-20-10-12-21(13-11-20)31-28(35)27(33-16-23-15-22(33)17-36-23)19-8-5-18(6-9-19)7-14-26(34)32-25-4-2-1-3-24(25)30/h1-14,22-23,27H,15-17,30H2,(H,31,35)(H,32,34)/b14-7+/t22-,23+,27?/m1/s1. The number of fused-ring (bicyclic) bond motifs is 2. The number of rotatable bonds is 7. The van der Waals surface area contributed by atoms with Crippen molar-refractivity contribution in [3.63, 3.8) is 0 Å². The summed E-state index contributed by atoms with van der Waals surface area (Å²) in [6, 6.07) is 22.2. The largest absolute Gasteiger partial charge is 0.397 e. The molecule has 4 N–H and O–H groups in total.